The molecule has 0 aliphatic rings. The normalized spacial score (nSPS) is 10.8. The van der Waals surface area contributed by atoms with Gasteiger partial charge in [0.2, 0.25) is 0 Å². The van der Waals surface area contributed by atoms with Gasteiger partial charge in [-0.25, -0.2) is 9.59 Å². The molecule has 0 fully saturated rings. The van der Waals surface area contributed by atoms with Gasteiger partial charge in [-0.2, -0.15) is 0 Å². The average molecular weight is 237 g/mol. The summed E-state index contributed by atoms with van der Waals surface area (Å²) in [6.07, 6.45) is 0. The van der Waals surface area contributed by atoms with Crippen molar-refractivity contribution in [2.45, 2.75) is 6.92 Å². The smallest absolute Gasteiger partial charge is 0.373 e. The van der Waals surface area contributed by atoms with E-state index in [0.717, 1.165) is 0 Å². The molecule has 0 aliphatic carbocycles. The second-order valence-electron chi connectivity index (χ2n) is 2.87. The Kier molecular flexibility index (Phi) is 4.68. The highest BCUT2D eigenvalue weighted by Crippen LogP contribution is 2.08. The van der Waals surface area contributed by atoms with Gasteiger partial charge >= 0.3 is 11.9 Å². The molecule has 0 spiro atoms. The monoisotopic (exact) mass is 237 g/mol. The first-order chi connectivity index (χ1) is 8.19. The fraction of sp³-hybridized carbons (Fsp3) is 0.182. The van der Waals surface area contributed by atoms with Crippen LogP contribution in [0.2, 0.25) is 0 Å². The summed E-state index contributed by atoms with van der Waals surface area (Å²) in [4.78, 5) is 22.6. The Balaban J connectivity index is 2.72. The molecule has 0 amide bonds. The molecule has 90 valence electrons. The maximum Gasteiger partial charge on any atom is 0.373 e. The highest BCUT2D eigenvalue weighted by Gasteiger charge is 2.24. The van der Waals surface area contributed by atoms with Gasteiger partial charge < -0.3 is 14.7 Å². The molecule has 0 atom stereocenters. The molecule has 6 heteroatoms. The Bertz CT molecular complexity index is 427. The SMILES string of the molecule is CCOC(=O)C(=NO)C(=O)Oc1ccccc1. The number of carbonyl (C=O) groups is 2. The van der Waals surface area contributed by atoms with E-state index in [0.29, 0.717) is 0 Å². The van der Waals surface area contributed by atoms with Gasteiger partial charge in [0.1, 0.15) is 5.75 Å². The Labute approximate surface area is 97.4 Å². The van der Waals surface area contributed by atoms with Gasteiger partial charge in [0, 0.05) is 0 Å². The van der Waals surface area contributed by atoms with Crippen LogP contribution in [0.5, 0.6) is 5.75 Å². The van der Waals surface area contributed by atoms with Crippen molar-refractivity contribution >= 4 is 17.7 Å². The second-order valence-corrected chi connectivity index (χ2v) is 2.87. The second kappa shape index (κ2) is 6.26. The molecule has 0 saturated carbocycles. The lowest BCUT2D eigenvalue weighted by Gasteiger charge is -2.04. The van der Waals surface area contributed by atoms with Crippen molar-refractivity contribution in [3.8, 4) is 5.75 Å². The summed E-state index contributed by atoms with van der Waals surface area (Å²) >= 11 is 0. The van der Waals surface area contributed by atoms with Crippen LogP contribution in [0.15, 0.2) is 35.5 Å². The molecule has 1 aromatic rings. The zero-order chi connectivity index (χ0) is 12.7. The molecule has 0 unspecified atom stereocenters. The van der Waals surface area contributed by atoms with E-state index in [2.05, 4.69) is 9.89 Å². The lowest BCUT2D eigenvalue weighted by molar-refractivity contribution is -0.137. The summed E-state index contributed by atoms with van der Waals surface area (Å²) in [5, 5.41) is 11.1. The van der Waals surface area contributed by atoms with E-state index < -0.39 is 17.7 Å². The van der Waals surface area contributed by atoms with Gasteiger partial charge in [0.05, 0.1) is 6.61 Å². The first kappa shape index (κ1) is 12.7. The topological polar surface area (TPSA) is 85.2 Å². The third-order valence-electron chi connectivity index (χ3n) is 1.72. The summed E-state index contributed by atoms with van der Waals surface area (Å²) < 4.78 is 9.33. The van der Waals surface area contributed by atoms with Crippen molar-refractivity contribution in [1.82, 2.24) is 0 Å². The lowest BCUT2D eigenvalue weighted by atomic mass is 10.3. The molecule has 1 rings (SSSR count). The van der Waals surface area contributed by atoms with Crippen molar-refractivity contribution in [3.05, 3.63) is 30.3 Å². The summed E-state index contributed by atoms with van der Waals surface area (Å²) in [6, 6.07) is 8.10. The van der Waals surface area contributed by atoms with Gasteiger partial charge in [-0.1, -0.05) is 23.4 Å². The molecule has 1 aromatic carbocycles. The van der Waals surface area contributed by atoms with Crippen molar-refractivity contribution in [1.29, 1.82) is 0 Å². The van der Waals surface area contributed by atoms with Crippen LogP contribution in [0.4, 0.5) is 0 Å². The standard InChI is InChI=1S/C11H11NO5/c1-2-16-10(13)9(12-15)11(14)17-8-6-4-3-5-7-8/h3-7,15H,2H2,1H3. The number of para-hydroxylation sites is 1. The number of hydrogen-bond acceptors (Lipinski definition) is 6. The van der Waals surface area contributed by atoms with Crippen LogP contribution in [0.1, 0.15) is 6.92 Å². The average Bonchev–Trinajstić information content (AvgIpc) is 2.31. The molecule has 0 aromatic heterocycles. The van der Waals surface area contributed by atoms with E-state index in [4.69, 9.17) is 9.94 Å². The largest absolute Gasteiger partial charge is 0.461 e. The Morgan fingerprint density at radius 2 is 1.88 bits per heavy atom. The quantitative estimate of drug-likeness (QED) is 0.211. The van der Waals surface area contributed by atoms with Crippen molar-refractivity contribution in [2.75, 3.05) is 6.61 Å². The van der Waals surface area contributed by atoms with E-state index >= 15 is 0 Å². The number of carbonyl (C=O) groups excluding carboxylic acids is 2. The maximum absolute atomic E-state index is 11.4. The van der Waals surface area contributed by atoms with E-state index in [1.54, 1.807) is 25.1 Å². The molecular weight excluding hydrogens is 226 g/mol. The minimum absolute atomic E-state index is 0.0659. The minimum atomic E-state index is -1.07. The predicted octanol–water partition coefficient (Wildman–Crippen LogP) is 0.985. The first-order valence-corrected chi connectivity index (χ1v) is 4.85. The van der Waals surface area contributed by atoms with Crippen LogP contribution >= 0.6 is 0 Å². The van der Waals surface area contributed by atoms with E-state index in [-0.39, 0.29) is 12.4 Å². The van der Waals surface area contributed by atoms with Crippen LogP contribution in [0, 0.1) is 0 Å². The van der Waals surface area contributed by atoms with Crippen molar-refractivity contribution in [2.24, 2.45) is 5.16 Å². The van der Waals surface area contributed by atoms with Crippen LogP contribution in [0.3, 0.4) is 0 Å². The zero-order valence-electron chi connectivity index (χ0n) is 9.12. The summed E-state index contributed by atoms with van der Waals surface area (Å²) in [6.45, 7) is 1.63. The number of esters is 2. The van der Waals surface area contributed by atoms with Gasteiger partial charge in [-0.3, -0.25) is 0 Å². The maximum atomic E-state index is 11.4. The number of ether oxygens (including phenoxy) is 2. The third kappa shape index (κ3) is 3.60. The first-order valence-electron chi connectivity index (χ1n) is 4.85. The highest BCUT2D eigenvalue weighted by atomic mass is 16.6. The molecule has 17 heavy (non-hydrogen) atoms. The van der Waals surface area contributed by atoms with E-state index in [9.17, 15) is 9.59 Å². The fourth-order valence-corrected chi connectivity index (χ4v) is 1.01. The van der Waals surface area contributed by atoms with Crippen LogP contribution in [-0.4, -0.2) is 29.5 Å². The fourth-order valence-electron chi connectivity index (χ4n) is 1.01. The minimum Gasteiger partial charge on any atom is -0.461 e. The number of oxime groups is 1. The molecule has 6 nitrogen and oxygen atoms in total. The van der Waals surface area contributed by atoms with Crippen molar-refractivity contribution in [3.63, 3.8) is 0 Å². The van der Waals surface area contributed by atoms with Gasteiger partial charge in [-0.05, 0) is 19.1 Å². The number of rotatable bonds is 4. The lowest BCUT2D eigenvalue weighted by Crippen LogP contribution is -2.30. The van der Waals surface area contributed by atoms with Gasteiger partial charge in [0.15, 0.2) is 0 Å². The molecule has 0 bridgehead atoms. The molecular formula is C11H11NO5. The van der Waals surface area contributed by atoms with Crippen LogP contribution in [-0.2, 0) is 14.3 Å². The van der Waals surface area contributed by atoms with E-state index in [1.165, 1.54) is 12.1 Å². The Morgan fingerprint density at radius 3 is 2.41 bits per heavy atom. The zero-order valence-corrected chi connectivity index (χ0v) is 9.12. The predicted molar refractivity (Wildman–Crippen MR) is 57.9 cm³/mol. The van der Waals surface area contributed by atoms with Gasteiger partial charge in [-0.15, -0.1) is 0 Å². The number of benzene rings is 1. The molecule has 0 aliphatic heterocycles. The van der Waals surface area contributed by atoms with Gasteiger partial charge in [0.25, 0.3) is 5.71 Å². The molecule has 1 N–H and O–H groups in total. The van der Waals surface area contributed by atoms with Crippen LogP contribution in [0.25, 0.3) is 0 Å². The summed E-state index contributed by atoms with van der Waals surface area (Å²) in [7, 11) is 0. The Morgan fingerprint density at radius 1 is 1.24 bits per heavy atom. The van der Waals surface area contributed by atoms with Crippen molar-refractivity contribution < 1.29 is 24.3 Å². The van der Waals surface area contributed by atoms with E-state index in [1.807, 2.05) is 0 Å². The third-order valence-corrected chi connectivity index (χ3v) is 1.72. The molecule has 0 heterocycles. The number of nitrogens with zero attached hydrogens (tertiary/aromatic N) is 1. The highest BCUT2D eigenvalue weighted by molar-refractivity contribution is 6.62. The van der Waals surface area contributed by atoms with Crippen LogP contribution < -0.4 is 4.74 Å². The summed E-state index contributed by atoms with van der Waals surface area (Å²) in [5.74, 6) is -1.86. The molecule has 0 saturated heterocycles. The number of hydrogen-bond donors (Lipinski definition) is 1. The Hall–Kier alpha value is -2.37. The summed E-state index contributed by atoms with van der Waals surface area (Å²) in [5.41, 5.74) is -0.796. The molecule has 0 radical (unpaired) electrons.